The van der Waals surface area contributed by atoms with E-state index < -0.39 is 0 Å². The number of rotatable bonds is 1. The van der Waals surface area contributed by atoms with E-state index in [0.717, 1.165) is 22.3 Å². The fourth-order valence-electron chi connectivity index (χ4n) is 3.00. The molecule has 0 fully saturated rings. The molecule has 0 aliphatic carbocycles. The number of hydrogen-bond donors (Lipinski definition) is 0. The molecular formula is C20H13ClFN. The van der Waals surface area contributed by atoms with Crippen LogP contribution in [0.1, 0.15) is 16.7 Å². The van der Waals surface area contributed by atoms with E-state index in [1.165, 1.54) is 6.07 Å². The number of benzene rings is 3. The van der Waals surface area contributed by atoms with Gasteiger partial charge in [-0.3, -0.25) is 4.99 Å². The van der Waals surface area contributed by atoms with Crippen molar-refractivity contribution in [1.82, 2.24) is 0 Å². The maximum Gasteiger partial charge on any atom is 0.132 e. The van der Waals surface area contributed by atoms with Crippen LogP contribution in [0.3, 0.4) is 0 Å². The lowest BCUT2D eigenvalue weighted by molar-refractivity contribution is 0.625. The van der Waals surface area contributed by atoms with E-state index in [0.29, 0.717) is 22.8 Å². The summed E-state index contributed by atoms with van der Waals surface area (Å²) in [6, 6.07) is 20.5. The smallest absolute Gasteiger partial charge is 0.132 e. The average Bonchev–Trinajstić information content (AvgIpc) is 2.73. The lowest BCUT2D eigenvalue weighted by atomic mass is 9.92. The summed E-state index contributed by atoms with van der Waals surface area (Å²) < 4.78 is 14.3. The van der Waals surface area contributed by atoms with Crippen LogP contribution < -0.4 is 0 Å². The summed E-state index contributed by atoms with van der Waals surface area (Å²) in [7, 11) is 0. The van der Waals surface area contributed by atoms with Gasteiger partial charge in [0, 0.05) is 16.1 Å². The Bertz CT molecular complexity index is 930. The van der Waals surface area contributed by atoms with Crippen LogP contribution in [0.25, 0.3) is 11.1 Å². The number of fused-ring (bicyclic) bond motifs is 3. The predicted molar refractivity (Wildman–Crippen MR) is 92.6 cm³/mol. The molecule has 0 spiro atoms. The second-order valence-electron chi connectivity index (χ2n) is 5.49. The summed E-state index contributed by atoms with van der Waals surface area (Å²) in [5, 5.41) is 0.660. The first-order valence-electron chi connectivity index (χ1n) is 7.41. The highest BCUT2D eigenvalue weighted by atomic mass is 35.5. The minimum absolute atomic E-state index is 0.266. The molecule has 4 rings (SSSR count). The van der Waals surface area contributed by atoms with Gasteiger partial charge in [0.1, 0.15) is 5.82 Å². The highest BCUT2D eigenvalue weighted by Gasteiger charge is 2.20. The molecule has 0 unspecified atom stereocenters. The van der Waals surface area contributed by atoms with Crippen molar-refractivity contribution < 1.29 is 4.39 Å². The quantitative estimate of drug-likeness (QED) is 0.561. The first-order valence-corrected chi connectivity index (χ1v) is 7.79. The van der Waals surface area contributed by atoms with Gasteiger partial charge in [-0.1, -0.05) is 54.1 Å². The molecule has 0 atom stereocenters. The van der Waals surface area contributed by atoms with E-state index in [1.54, 1.807) is 12.1 Å². The molecule has 0 radical (unpaired) electrons. The van der Waals surface area contributed by atoms with Gasteiger partial charge in [0.05, 0.1) is 12.3 Å². The second-order valence-corrected chi connectivity index (χ2v) is 5.93. The first kappa shape index (κ1) is 14.2. The lowest BCUT2D eigenvalue weighted by Crippen LogP contribution is -2.07. The summed E-state index contributed by atoms with van der Waals surface area (Å²) >= 11 is 6.21. The van der Waals surface area contributed by atoms with Gasteiger partial charge in [0.25, 0.3) is 0 Å². The standard InChI is InChI=1S/C20H13ClFN/c21-14-9-10-16-18(11-14)15-6-2-1-5-13(15)12-23-20(16)17-7-3-4-8-19(17)22/h1-11H,12H2. The van der Waals surface area contributed by atoms with Gasteiger partial charge in [-0.15, -0.1) is 0 Å². The normalized spacial score (nSPS) is 12.9. The van der Waals surface area contributed by atoms with E-state index in [2.05, 4.69) is 6.07 Å². The molecule has 0 saturated carbocycles. The van der Waals surface area contributed by atoms with Crippen LogP contribution in [-0.2, 0) is 6.54 Å². The first-order chi connectivity index (χ1) is 11.2. The van der Waals surface area contributed by atoms with Crippen LogP contribution in [0.4, 0.5) is 4.39 Å². The molecule has 1 aliphatic heterocycles. The molecule has 3 aromatic carbocycles. The molecule has 1 heterocycles. The topological polar surface area (TPSA) is 12.4 Å². The maximum absolute atomic E-state index is 14.3. The minimum atomic E-state index is -0.266. The molecule has 3 aromatic rings. The van der Waals surface area contributed by atoms with Gasteiger partial charge < -0.3 is 0 Å². The van der Waals surface area contributed by atoms with Gasteiger partial charge in [-0.25, -0.2) is 4.39 Å². The fraction of sp³-hybridized carbons (Fsp3) is 0.0500. The van der Waals surface area contributed by atoms with E-state index in [4.69, 9.17) is 16.6 Å². The van der Waals surface area contributed by atoms with Crippen molar-refractivity contribution in [3.8, 4) is 11.1 Å². The van der Waals surface area contributed by atoms with Gasteiger partial charge in [-0.2, -0.15) is 0 Å². The van der Waals surface area contributed by atoms with Crippen LogP contribution in [0, 0.1) is 5.82 Å². The fourth-order valence-corrected chi connectivity index (χ4v) is 3.17. The Hall–Kier alpha value is -2.45. The van der Waals surface area contributed by atoms with Crippen molar-refractivity contribution in [2.75, 3.05) is 0 Å². The van der Waals surface area contributed by atoms with Crippen molar-refractivity contribution in [2.45, 2.75) is 6.54 Å². The number of halogens is 2. The summed E-state index contributed by atoms with van der Waals surface area (Å²) in [6.45, 7) is 0.520. The predicted octanol–water partition coefficient (Wildman–Crippen LogP) is 5.50. The van der Waals surface area contributed by atoms with Gasteiger partial charge in [0.2, 0.25) is 0 Å². The molecule has 112 valence electrons. The molecule has 0 saturated heterocycles. The van der Waals surface area contributed by atoms with Crippen molar-refractivity contribution in [2.24, 2.45) is 4.99 Å². The third-order valence-electron chi connectivity index (χ3n) is 4.08. The van der Waals surface area contributed by atoms with Crippen molar-refractivity contribution >= 4 is 17.3 Å². The zero-order chi connectivity index (χ0) is 15.8. The van der Waals surface area contributed by atoms with Crippen molar-refractivity contribution in [1.29, 1.82) is 0 Å². The molecule has 0 aromatic heterocycles. The molecule has 1 aliphatic rings. The van der Waals surface area contributed by atoms with Crippen LogP contribution in [-0.4, -0.2) is 5.71 Å². The third-order valence-corrected chi connectivity index (χ3v) is 4.32. The third kappa shape index (κ3) is 2.45. The van der Waals surface area contributed by atoms with E-state index >= 15 is 0 Å². The molecule has 0 N–H and O–H groups in total. The van der Waals surface area contributed by atoms with Gasteiger partial charge in [-0.05, 0) is 41.0 Å². The Morgan fingerprint density at radius 1 is 0.783 bits per heavy atom. The molecule has 0 bridgehead atoms. The molecule has 0 amide bonds. The number of nitrogens with zero attached hydrogens (tertiary/aromatic N) is 1. The van der Waals surface area contributed by atoms with Gasteiger partial charge >= 0.3 is 0 Å². The van der Waals surface area contributed by atoms with E-state index in [-0.39, 0.29) is 5.82 Å². The summed E-state index contributed by atoms with van der Waals surface area (Å²) in [6.07, 6.45) is 0. The largest absolute Gasteiger partial charge is 0.279 e. The van der Waals surface area contributed by atoms with Crippen LogP contribution in [0.15, 0.2) is 71.7 Å². The van der Waals surface area contributed by atoms with Crippen LogP contribution >= 0.6 is 11.6 Å². The number of aliphatic imine (C=N–C) groups is 1. The Balaban J connectivity index is 2.02. The minimum Gasteiger partial charge on any atom is -0.279 e. The Morgan fingerprint density at radius 2 is 1.52 bits per heavy atom. The SMILES string of the molecule is Fc1ccccc1C1=NCc2ccccc2-c2cc(Cl)ccc21. The zero-order valence-electron chi connectivity index (χ0n) is 12.3. The molecule has 3 heteroatoms. The highest BCUT2D eigenvalue weighted by molar-refractivity contribution is 6.31. The van der Waals surface area contributed by atoms with Crippen molar-refractivity contribution in [3.05, 3.63) is 94.3 Å². The molecular weight excluding hydrogens is 309 g/mol. The number of hydrogen-bond acceptors (Lipinski definition) is 1. The monoisotopic (exact) mass is 321 g/mol. The highest BCUT2D eigenvalue weighted by Crippen LogP contribution is 2.34. The summed E-state index contributed by atoms with van der Waals surface area (Å²) in [5.74, 6) is -0.266. The van der Waals surface area contributed by atoms with Crippen LogP contribution in [0.5, 0.6) is 0 Å². The average molecular weight is 322 g/mol. The van der Waals surface area contributed by atoms with Crippen LogP contribution in [0.2, 0.25) is 5.02 Å². The maximum atomic E-state index is 14.3. The zero-order valence-corrected chi connectivity index (χ0v) is 13.0. The van der Waals surface area contributed by atoms with E-state index in [9.17, 15) is 4.39 Å². The van der Waals surface area contributed by atoms with E-state index in [1.807, 2.05) is 42.5 Å². The molecule has 23 heavy (non-hydrogen) atoms. The second kappa shape index (κ2) is 5.64. The Labute approximate surface area is 139 Å². The molecule has 1 nitrogen and oxygen atoms in total. The summed E-state index contributed by atoms with van der Waals surface area (Å²) in [5.41, 5.74) is 5.30. The van der Waals surface area contributed by atoms with Crippen molar-refractivity contribution in [3.63, 3.8) is 0 Å². The Morgan fingerprint density at radius 3 is 2.35 bits per heavy atom. The van der Waals surface area contributed by atoms with Gasteiger partial charge in [0.15, 0.2) is 0 Å². The summed E-state index contributed by atoms with van der Waals surface area (Å²) in [4.78, 5) is 4.70. The Kier molecular flexibility index (Phi) is 3.47. The lowest BCUT2D eigenvalue weighted by Gasteiger charge is -2.12.